The molecular formula is C4H9ClFNO. The van der Waals surface area contributed by atoms with Gasteiger partial charge in [-0.25, -0.2) is 4.39 Å². The largest absolute Gasteiger partial charge is 0.389 e. The van der Waals surface area contributed by atoms with Gasteiger partial charge in [0.15, 0.2) is 0 Å². The topological polar surface area (TPSA) is 32.3 Å². The number of rotatable bonds is 0. The van der Waals surface area contributed by atoms with Crippen LogP contribution in [0.3, 0.4) is 0 Å². The quantitative estimate of drug-likeness (QED) is 0.486. The molecule has 0 amide bonds. The molecule has 2 nitrogen and oxygen atoms in total. The molecule has 0 bridgehead atoms. The van der Waals surface area contributed by atoms with Crippen molar-refractivity contribution in [2.45, 2.75) is 12.3 Å². The van der Waals surface area contributed by atoms with Crippen molar-refractivity contribution in [3.63, 3.8) is 0 Å². The molecule has 1 aliphatic rings. The van der Waals surface area contributed by atoms with Crippen molar-refractivity contribution in [3.8, 4) is 0 Å². The summed E-state index contributed by atoms with van der Waals surface area (Å²) in [4.78, 5) is 0. The van der Waals surface area contributed by atoms with Crippen LogP contribution in [-0.4, -0.2) is 30.5 Å². The SMILES string of the molecule is Cl.O[C@H]1CNC[C@@H]1F. The maximum absolute atomic E-state index is 12.0. The average molecular weight is 142 g/mol. The van der Waals surface area contributed by atoms with E-state index in [1.807, 2.05) is 0 Å². The predicted molar refractivity (Wildman–Crippen MR) is 31.0 cm³/mol. The Morgan fingerprint density at radius 1 is 1.50 bits per heavy atom. The fourth-order valence-corrected chi connectivity index (χ4v) is 0.633. The zero-order valence-corrected chi connectivity index (χ0v) is 5.12. The lowest BCUT2D eigenvalue weighted by molar-refractivity contribution is 0.118. The molecular weight excluding hydrogens is 133 g/mol. The van der Waals surface area contributed by atoms with Gasteiger partial charge in [0.25, 0.3) is 0 Å². The molecule has 0 aromatic rings. The zero-order chi connectivity index (χ0) is 5.28. The maximum Gasteiger partial charge on any atom is 0.139 e. The molecule has 1 fully saturated rings. The second kappa shape index (κ2) is 3.22. The summed E-state index contributed by atoms with van der Waals surface area (Å²) in [6.07, 6.45) is -1.81. The lowest BCUT2D eigenvalue weighted by Crippen LogP contribution is -2.17. The first-order valence-electron chi connectivity index (χ1n) is 2.33. The van der Waals surface area contributed by atoms with Crippen LogP contribution in [0.4, 0.5) is 4.39 Å². The van der Waals surface area contributed by atoms with E-state index in [0.29, 0.717) is 13.1 Å². The Morgan fingerprint density at radius 2 is 2.12 bits per heavy atom. The smallest absolute Gasteiger partial charge is 0.139 e. The molecule has 2 N–H and O–H groups in total. The van der Waals surface area contributed by atoms with Crippen molar-refractivity contribution >= 4 is 12.4 Å². The Morgan fingerprint density at radius 3 is 2.25 bits per heavy atom. The molecule has 0 unspecified atom stereocenters. The fraction of sp³-hybridized carbons (Fsp3) is 1.00. The van der Waals surface area contributed by atoms with Crippen molar-refractivity contribution in [2.75, 3.05) is 13.1 Å². The minimum Gasteiger partial charge on any atom is -0.389 e. The van der Waals surface area contributed by atoms with Crippen molar-refractivity contribution in [1.82, 2.24) is 5.32 Å². The molecule has 50 valence electrons. The van der Waals surface area contributed by atoms with E-state index in [0.717, 1.165) is 0 Å². The summed E-state index contributed by atoms with van der Waals surface area (Å²) < 4.78 is 12.0. The van der Waals surface area contributed by atoms with Gasteiger partial charge < -0.3 is 10.4 Å². The second-order valence-electron chi connectivity index (χ2n) is 1.74. The van der Waals surface area contributed by atoms with Gasteiger partial charge in [0, 0.05) is 13.1 Å². The number of hydrogen-bond donors (Lipinski definition) is 2. The Kier molecular flexibility index (Phi) is 3.28. The van der Waals surface area contributed by atoms with Gasteiger partial charge in [-0.15, -0.1) is 12.4 Å². The second-order valence-corrected chi connectivity index (χ2v) is 1.74. The van der Waals surface area contributed by atoms with Gasteiger partial charge in [-0.3, -0.25) is 0 Å². The minimum atomic E-state index is -1.04. The molecule has 1 aliphatic heterocycles. The van der Waals surface area contributed by atoms with Crippen LogP contribution in [0.15, 0.2) is 0 Å². The van der Waals surface area contributed by atoms with E-state index in [9.17, 15) is 4.39 Å². The third-order valence-corrected chi connectivity index (χ3v) is 1.11. The summed E-state index contributed by atoms with van der Waals surface area (Å²) in [5, 5.41) is 11.3. The van der Waals surface area contributed by atoms with Crippen LogP contribution in [0.1, 0.15) is 0 Å². The molecule has 0 aromatic carbocycles. The van der Waals surface area contributed by atoms with E-state index >= 15 is 0 Å². The molecule has 4 heteroatoms. The highest BCUT2D eigenvalue weighted by molar-refractivity contribution is 5.85. The number of nitrogens with one attached hydrogen (secondary N) is 1. The first-order valence-corrected chi connectivity index (χ1v) is 2.33. The van der Waals surface area contributed by atoms with E-state index in [2.05, 4.69) is 5.32 Å². The van der Waals surface area contributed by atoms with E-state index in [4.69, 9.17) is 5.11 Å². The van der Waals surface area contributed by atoms with E-state index in [1.165, 1.54) is 0 Å². The van der Waals surface area contributed by atoms with Crippen molar-refractivity contribution in [2.24, 2.45) is 0 Å². The molecule has 1 saturated heterocycles. The molecule has 1 rings (SSSR count). The number of alkyl halides is 1. The molecule has 0 aromatic heterocycles. The third-order valence-electron chi connectivity index (χ3n) is 1.11. The van der Waals surface area contributed by atoms with Gasteiger partial charge in [-0.05, 0) is 0 Å². The average Bonchev–Trinajstić information content (AvgIpc) is 1.91. The van der Waals surface area contributed by atoms with Crippen molar-refractivity contribution < 1.29 is 9.50 Å². The van der Waals surface area contributed by atoms with E-state index in [-0.39, 0.29) is 12.4 Å². The van der Waals surface area contributed by atoms with Gasteiger partial charge in [-0.1, -0.05) is 0 Å². The molecule has 8 heavy (non-hydrogen) atoms. The third kappa shape index (κ3) is 1.58. The van der Waals surface area contributed by atoms with Crippen LogP contribution < -0.4 is 5.32 Å². The van der Waals surface area contributed by atoms with E-state index in [1.54, 1.807) is 0 Å². The Balaban J connectivity index is 0.000000490. The highest BCUT2D eigenvalue weighted by Crippen LogP contribution is 2.01. The fourth-order valence-electron chi connectivity index (χ4n) is 0.633. The molecule has 2 atom stereocenters. The van der Waals surface area contributed by atoms with Crippen LogP contribution in [0.5, 0.6) is 0 Å². The Hall–Kier alpha value is 0.140. The highest BCUT2D eigenvalue weighted by atomic mass is 35.5. The number of aliphatic hydroxyl groups is 1. The maximum atomic E-state index is 12.0. The predicted octanol–water partition coefficient (Wildman–Crippen LogP) is -0.290. The van der Waals surface area contributed by atoms with E-state index < -0.39 is 12.3 Å². The van der Waals surface area contributed by atoms with Gasteiger partial charge >= 0.3 is 0 Å². The van der Waals surface area contributed by atoms with Crippen molar-refractivity contribution in [1.29, 1.82) is 0 Å². The molecule has 0 radical (unpaired) electrons. The first kappa shape index (κ1) is 8.14. The zero-order valence-electron chi connectivity index (χ0n) is 4.30. The minimum absolute atomic E-state index is 0. The highest BCUT2D eigenvalue weighted by Gasteiger charge is 2.23. The van der Waals surface area contributed by atoms with Gasteiger partial charge in [0.2, 0.25) is 0 Å². The molecule has 0 aliphatic carbocycles. The van der Waals surface area contributed by atoms with Crippen LogP contribution >= 0.6 is 12.4 Å². The standard InChI is InChI=1S/C4H8FNO.ClH/c5-3-1-6-2-4(3)7;/h3-4,6-7H,1-2H2;1H/t3-,4-;/m0./s1. The summed E-state index contributed by atoms with van der Waals surface area (Å²) in [5.74, 6) is 0. The number of halogens is 2. The number of β-amino-alcohol motifs (C(OH)–C–C–N with tert-alkyl or cyclic N) is 1. The Bertz CT molecular complexity index is 65.1. The summed E-state index contributed by atoms with van der Waals surface area (Å²) in [5.41, 5.74) is 0. The van der Waals surface area contributed by atoms with Crippen LogP contribution in [0, 0.1) is 0 Å². The lowest BCUT2D eigenvalue weighted by Gasteiger charge is -1.98. The molecule has 0 spiro atoms. The summed E-state index contributed by atoms with van der Waals surface area (Å²) in [6.45, 7) is 0.711. The lowest BCUT2D eigenvalue weighted by atomic mass is 10.3. The van der Waals surface area contributed by atoms with Crippen LogP contribution in [0.2, 0.25) is 0 Å². The van der Waals surface area contributed by atoms with Crippen LogP contribution in [0.25, 0.3) is 0 Å². The normalized spacial score (nSPS) is 36.8. The van der Waals surface area contributed by atoms with Crippen LogP contribution in [-0.2, 0) is 0 Å². The summed E-state index contributed by atoms with van der Waals surface area (Å²) in [6, 6.07) is 0. The Labute approximate surface area is 53.5 Å². The van der Waals surface area contributed by atoms with Gasteiger partial charge in [-0.2, -0.15) is 0 Å². The summed E-state index contributed by atoms with van der Waals surface area (Å²) >= 11 is 0. The van der Waals surface area contributed by atoms with Crippen molar-refractivity contribution in [3.05, 3.63) is 0 Å². The number of hydrogen-bond acceptors (Lipinski definition) is 2. The van der Waals surface area contributed by atoms with Gasteiger partial charge in [0.1, 0.15) is 6.17 Å². The molecule has 0 saturated carbocycles. The monoisotopic (exact) mass is 141 g/mol. The molecule has 1 heterocycles. The van der Waals surface area contributed by atoms with Gasteiger partial charge in [0.05, 0.1) is 6.10 Å². The summed E-state index contributed by atoms with van der Waals surface area (Å²) in [7, 11) is 0. The first-order chi connectivity index (χ1) is 3.30. The number of aliphatic hydroxyl groups excluding tert-OH is 1.